The van der Waals surface area contributed by atoms with Crippen LogP contribution in [0.1, 0.15) is 24.1 Å². The molecule has 0 fully saturated rings. The second-order valence-corrected chi connectivity index (χ2v) is 3.44. The zero-order chi connectivity index (χ0) is 8.27. The van der Waals surface area contributed by atoms with Crippen LogP contribution in [-0.4, -0.2) is 10.3 Å². The van der Waals surface area contributed by atoms with Gasteiger partial charge in [0.1, 0.15) is 0 Å². The minimum atomic E-state index is 0.558. The van der Waals surface area contributed by atoms with Crippen LogP contribution >= 0.6 is 15.9 Å². The Morgan fingerprint density at radius 1 is 1.55 bits per heavy atom. The first kappa shape index (κ1) is 8.72. The Morgan fingerprint density at radius 3 is 2.73 bits per heavy atom. The van der Waals surface area contributed by atoms with Crippen molar-refractivity contribution in [3.8, 4) is 0 Å². The fourth-order valence-electron chi connectivity index (χ4n) is 0.860. The van der Waals surface area contributed by atoms with E-state index in [-0.39, 0.29) is 0 Å². The van der Waals surface area contributed by atoms with Gasteiger partial charge < -0.3 is 0 Å². The SMILES string of the molecule is Cc1ccc(C(C)CBr)cn1. The Balaban J connectivity index is 2.81. The summed E-state index contributed by atoms with van der Waals surface area (Å²) in [5.41, 5.74) is 2.38. The van der Waals surface area contributed by atoms with Crippen LogP contribution in [-0.2, 0) is 0 Å². The maximum atomic E-state index is 4.23. The van der Waals surface area contributed by atoms with Gasteiger partial charge in [-0.25, -0.2) is 0 Å². The van der Waals surface area contributed by atoms with E-state index in [1.54, 1.807) is 0 Å². The highest BCUT2D eigenvalue weighted by atomic mass is 79.9. The van der Waals surface area contributed by atoms with Crippen LogP contribution in [0.4, 0.5) is 0 Å². The van der Waals surface area contributed by atoms with Gasteiger partial charge in [0.2, 0.25) is 0 Å². The van der Waals surface area contributed by atoms with E-state index in [2.05, 4.69) is 40.0 Å². The fourth-order valence-corrected chi connectivity index (χ4v) is 1.23. The highest BCUT2D eigenvalue weighted by Crippen LogP contribution is 2.15. The van der Waals surface area contributed by atoms with Crippen LogP contribution in [0, 0.1) is 6.92 Å². The van der Waals surface area contributed by atoms with E-state index in [1.165, 1.54) is 5.56 Å². The molecule has 1 nitrogen and oxygen atoms in total. The number of hydrogen-bond acceptors (Lipinski definition) is 1. The van der Waals surface area contributed by atoms with Crippen LogP contribution < -0.4 is 0 Å². The normalized spacial score (nSPS) is 13.0. The molecule has 0 aliphatic rings. The molecular formula is C9H12BrN. The van der Waals surface area contributed by atoms with Gasteiger partial charge in [0.05, 0.1) is 0 Å². The summed E-state index contributed by atoms with van der Waals surface area (Å²) in [5.74, 6) is 0.558. The number of rotatable bonds is 2. The number of pyridine rings is 1. The summed E-state index contributed by atoms with van der Waals surface area (Å²) in [7, 11) is 0. The topological polar surface area (TPSA) is 12.9 Å². The highest BCUT2D eigenvalue weighted by molar-refractivity contribution is 9.09. The highest BCUT2D eigenvalue weighted by Gasteiger charge is 2.01. The van der Waals surface area contributed by atoms with E-state index < -0.39 is 0 Å². The van der Waals surface area contributed by atoms with Gasteiger partial charge in [-0.05, 0) is 24.5 Å². The molecule has 1 aromatic rings. The maximum Gasteiger partial charge on any atom is 0.0372 e. The van der Waals surface area contributed by atoms with E-state index >= 15 is 0 Å². The molecule has 0 aromatic carbocycles. The molecule has 1 atom stereocenters. The lowest BCUT2D eigenvalue weighted by Gasteiger charge is -2.06. The number of halogens is 1. The predicted octanol–water partition coefficient (Wildman–Crippen LogP) is 2.89. The molecule has 1 aromatic heterocycles. The quantitative estimate of drug-likeness (QED) is 0.689. The van der Waals surface area contributed by atoms with E-state index in [0.29, 0.717) is 5.92 Å². The van der Waals surface area contributed by atoms with E-state index in [4.69, 9.17) is 0 Å². The predicted molar refractivity (Wildman–Crippen MR) is 51.2 cm³/mol. The van der Waals surface area contributed by atoms with Gasteiger partial charge in [0.25, 0.3) is 0 Å². The number of alkyl halides is 1. The first-order valence-electron chi connectivity index (χ1n) is 3.72. The number of hydrogen-bond donors (Lipinski definition) is 0. The summed E-state index contributed by atoms with van der Waals surface area (Å²) >= 11 is 3.44. The van der Waals surface area contributed by atoms with Crippen LogP contribution in [0.15, 0.2) is 18.3 Å². The molecule has 1 rings (SSSR count). The van der Waals surface area contributed by atoms with Crippen molar-refractivity contribution in [3.05, 3.63) is 29.6 Å². The van der Waals surface area contributed by atoms with Crippen LogP contribution in [0.2, 0.25) is 0 Å². The summed E-state index contributed by atoms with van der Waals surface area (Å²) < 4.78 is 0. The van der Waals surface area contributed by atoms with Gasteiger partial charge in [-0.1, -0.05) is 28.9 Å². The standard InChI is InChI=1S/C9H12BrN/c1-7(5-10)9-4-3-8(2)11-6-9/h3-4,6-7H,5H2,1-2H3. The molecular weight excluding hydrogens is 202 g/mol. The molecule has 0 aliphatic heterocycles. The van der Waals surface area contributed by atoms with Crippen molar-refractivity contribution in [2.75, 3.05) is 5.33 Å². The molecule has 11 heavy (non-hydrogen) atoms. The second kappa shape index (κ2) is 3.86. The second-order valence-electron chi connectivity index (χ2n) is 2.79. The molecule has 0 saturated carbocycles. The molecule has 0 bridgehead atoms. The Hall–Kier alpha value is -0.370. The lowest BCUT2D eigenvalue weighted by molar-refractivity contribution is 0.875. The summed E-state index contributed by atoms with van der Waals surface area (Å²) in [6, 6.07) is 4.18. The van der Waals surface area contributed by atoms with E-state index in [0.717, 1.165) is 11.0 Å². The third-order valence-electron chi connectivity index (χ3n) is 1.73. The van der Waals surface area contributed by atoms with Gasteiger partial charge in [-0.15, -0.1) is 0 Å². The van der Waals surface area contributed by atoms with Gasteiger partial charge in [-0.3, -0.25) is 4.98 Å². The van der Waals surface area contributed by atoms with Crippen LogP contribution in [0.5, 0.6) is 0 Å². The minimum Gasteiger partial charge on any atom is -0.261 e. The molecule has 60 valence electrons. The molecule has 0 amide bonds. The first-order chi connectivity index (χ1) is 5.24. The Labute approximate surface area is 76.0 Å². The zero-order valence-corrected chi connectivity index (χ0v) is 8.43. The van der Waals surface area contributed by atoms with Crippen LogP contribution in [0.3, 0.4) is 0 Å². The third kappa shape index (κ3) is 2.29. The summed E-state index contributed by atoms with van der Waals surface area (Å²) in [5, 5.41) is 0.998. The molecule has 1 heterocycles. The number of nitrogens with zero attached hydrogens (tertiary/aromatic N) is 1. The summed E-state index contributed by atoms with van der Waals surface area (Å²) in [6.45, 7) is 4.18. The van der Waals surface area contributed by atoms with Crippen molar-refractivity contribution >= 4 is 15.9 Å². The average molecular weight is 214 g/mol. The Morgan fingerprint density at radius 2 is 2.27 bits per heavy atom. The van der Waals surface area contributed by atoms with E-state index in [1.807, 2.05) is 13.1 Å². The summed E-state index contributed by atoms with van der Waals surface area (Å²) in [6.07, 6.45) is 1.95. The van der Waals surface area contributed by atoms with Crippen molar-refractivity contribution in [3.63, 3.8) is 0 Å². The molecule has 0 N–H and O–H groups in total. The molecule has 1 unspecified atom stereocenters. The minimum absolute atomic E-state index is 0.558. The Bertz CT molecular complexity index is 218. The summed E-state index contributed by atoms with van der Waals surface area (Å²) in [4.78, 5) is 4.23. The van der Waals surface area contributed by atoms with Crippen LogP contribution in [0.25, 0.3) is 0 Å². The number of aromatic nitrogens is 1. The molecule has 2 heteroatoms. The van der Waals surface area contributed by atoms with Crippen molar-refractivity contribution in [1.29, 1.82) is 0 Å². The third-order valence-corrected chi connectivity index (χ3v) is 2.71. The van der Waals surface area contributed by atoms with Gasteiger partial charge >= 0.3 is 0 Å². The van der Waals surface area contributed by atoms with Gasteiger partial charge in [0, 0.05) is 17.2 Å². The first-order valence-corrected chi connectivity index (χ1v) is 4.84. The average Bonchev–Trinajstić information content (AvgIpc) is 2.05. The molecule has 0 radical (unpaired) electrons. The zero-order valence-electron chi connectivity index (χ0n) is 6.84. The largest absolute Gasteiger partial charge is 0.261 e. The van der Waals surface area contributed by atoms with E-state index in [9.17, 15) is 0 Å². The Kier molecular flexibility index (Phi) is 3.06. The number of aryl methyl sites for hydroxylation is 1. The van der Waals surface area contributed by atoms with Gasteiger partial charge in [0.15, 0.2) is 0 Å². The smallest absolute Gasteiger partial charge is 0.0372 e. The maximum absolute atomic E-state index is 4.23. The molecule has 0 aliphatic carbocycles. The van der Waals surface area contributed by atoms with Gasteiger partial charge in [-0.2, -0.15) is 0 Å². The fraction of sp³-hybridized carbons (Fsp3) is 0.444. The van der Waals surface area contributed by atoms with Crippen molar-refractivity contribution in [2.24, 2.45) is 0 Å². The lowest BCUT2D eigenvalue weighted by atomic mass is 10.1. The monoisotopic (exact) mass is 213 g/mol. The molecule has 0 spiro atoms. The van der Waals surface area contributed by atoms with Crippen molar-refractivity contribution in [1.82, 2.24) is 4.98 Å². The van der Waals surface area contributed by atoms with Crippen molar-refractivity contribution < 1.29 is 0 Å². The lowest BCUT2D eigenvalue weighted by Crippen LogP contribution is -1.95. The van der Waals surface area contributed by atoms with Crippen molar-refractivity contribution in [2.45, 2.75) is 19.8 Å². The molecule has 0 saturated heterocycles.